The lowest BCUT2D eigenvalue weighted by Crippen LogP contribution is -2.59. The molecule has 4 nitrogen and oxygen atoms in total. The number of halogens is 17. The zero-order valence-electron chi connectivity index (χ0n) is 20.9. The van der Waals surface area contributed by atoms with Crippen molar-refractivity contribution in [2.75, 3.05) is 18.6 Å². The summed E-state index contributed by atoms with van der Waals surface area (Å²) in [7, 11) is 0.914. The van der Waals surface area contributed by atoms with Crippen LogP contribution in [0.15, 0.2) is 30.3 Å². The molecule has 0 bridgehead atoms. The molecule has 0 aliphatic rings. The highest BCUT2D eigenvalue weighted by Crippen LogP contribution is 2.59. The first-order valence-corrected chi connectivity index (χ1v) is 13.2. The fourth-order valence-electron chi connectivity index (χ4n) is 3.58. The van der Waals surface area contributed by atoms with Gasteiger partial charge < -0.3 is 4.74 Å². The van der Waals surface area contributed by atoms with E-state index in [2.05, 4.69) is 4.74 Å². The number of anilines is 1. The SMILES string of the molecule is CN(C(=O)OCC(Cl)(Cl)Cl)c1cccc(C(=O)Cc2c(I)cc(C(F)(C(F)(F)F)C(F)(F)C(F)(F)F)cc2C(F)(F)F)c1F. The van der Waals surface area contributed by atoms with Crippen molar-refractivity contribution in [2.45, 2.75) is 40.3 Å². The highest BCUT2D eigenvalue weighted by Gasteiger charge is 2.82. The average molecular weight is 831 g/mol. The summed E-state index contributed by atoms with van der Waals surface area (Å²) < 4.78 is 180. The molecule has 1 unspecified atom stereocenters. The molecule has 0 heterocycles. The third-order valence-electron chi connectivity index (χ3n) is 5.69. The van der Waals surface area contributed by atoms with Crippen molar-refractivity contribution in [3.8, 4) is 0 Å². The number of carbonyl (C=O) groups excluding carboxylic acids is 2. The van der Waals surface area contributed by atoms with Crippen LogP contribution in [0.5, 0.6) is 0 Å². The lowest BCUT2D eigenvalue weighted by molar-refractivity contribution is -0.389. The molecule has 0 saturated carbocycles. The van der Waals surface area contributed by atoms with Gasteiger partial charge in [-0.1, -0.05) is 40.9 Å². The lowest BCUT2D eigenvalue weighted by Gasteiger charge is -2.36. The molecule has 0 fully saturated rings. The Bertz CT molecular complexity index is 1430. The third-order valence-corrected chi connectivity index (χ3v) is 6.98. The maximum absolute atomic E-state index is 15.2. The second kappa shape index (κ2) is 12.7. The van der Waals surface area contributed by atoms with Gasteiger partial charge in [-0.25, -0.2) is 13.6 Å². The van der Waals surface area contributed by atoms with E-state index in [9.17, 15) is 62.3 Å². The van der Waals surface area contributed by atoms with Gasteiger partial charge in [0.1, 0.15) is 6.61 Å². The molecule has 0 N–H and O–H groups in total. The van der Waals surface area contributed by atoms with Crippen molar-refractivity contribution < 1.29 is 71.4 Å². The summed E-state index contributed by atoms with van der Waals surface area (Å²) in [6.07, 6.45) is -23.0. The van der Waals surface area contributed by atoms with Gasteiger partial charge in [-0.2, -0.15) is 48.3 Å². The minimum absolute atomic E-state index is 0.368. The van der Waals surface area contributed by atoms with E-state index in [0.717, 1.165) is 47.8 Å². The standard InChI is InChI=1S/C23H12Cl3F13INO3/c1-41(17(43)44-8-18(24,25)26)14-4-2-3-10(16(14)27)15(42)7-11-12(20(29,30)31)5-9(6-13(11)40)19(28,22(34,35)36)21(32,33)23(37,38)39/h2-6H,7-8H2,1H3. The Labute approximate surface area is 266 Å². The van der Waals surface area contributed by atoms with Gasteiger partial charge in [0.25, 0.3) is 0 Å². The molecule has 0 aliphatic heterocycles. The summed E-state index contributed by atoms with van der Waals surface area (Å²) in [4.78, 5) is 25.5. The number of carbonyl (C=O) groups is 2. The van der Waals surface area contributed by atoms with Crippen LogP contribution in [0.4, 0.5) is 67.6 Å². The van der Waals surface area contributed by atoms with Gasteiger partial charge in [0, 0.05) is 22.6 Å². The van der Waals surface area contributed by atoms with Crippen molar-refractivity contribution in [2.24, 2.45) is 0 Å². The van der Waals surface area contributed by atoms with Gasteiger partial charge >= 0.3 is 36.2 Å². The summed E-state index contributed by atoms with van der Waals surface area (Å²) in [6.45, 7) is -0.820. The van der Waals surface area contributed by atoms with Crippen molar-refractivity contribution in [1.82, 2.24) is 0 Å². The molecule has 0 aromatic heterocycles. The number of ketones is 1. The summed E-state index contributed by atoms with van der Waals surface area (Å²) in [5.41, 5.74) is -14.9. The second-order valence-corrected chi connectivity index (χ2v) is 12.4. The molecular weight excluding hydrogens is 818 g/mol. The average Bonchev–Trinajstić information content (AvgIpc) is 2.84. The van der Waals surface area contributed by atoms with Gasteiger partial charge in [0.05, 0.1) is 16.8 Å². The van der Waals surface area contributed by atoms with Crippen LogP contribution in [0.1, 0.15) is 27.0 Å². The summed E-state index contributed by atoms with van der Waals surface area (Å²) in [5, 5.41) is 0. The van der Waals surface area contributed by atoms with E-state index in [-0.39, 0.29) is 6.07 Å². The molecular formula is C23H12Cl3F13INO3. The molecule has 44 heavy (non-hydrogen) atoms. The molecule has 0 saturated heterocycles. The maximum atomic E-state index is 15.2. The van der Waals surface area contributed by atoms with Crippen LogP contribution in [-0.4, -0.2) is 47.6 Å². The van der Waals surface area contributed by atoms with E-state index in [4.69, 9.17) is 34.8 Å². The van der Waals surface area contributed by atoms with Crippen LogP contribution in [0, 0.1) is 9.39 Å². The highest BCUT2D eigenvalue weighted by atomic mass is 127. The van der Waals surface area contributed by atoms with Crippen LogP contribution < -0.4 is 4.90 Å². The number of hydrogen-bond donors (Lipinski definition) is 0. The fourth-order valence-corrected chi connectivity index (χ4v) is 4.56. The minimum atomic E-state index is -7.27. The quantitative estimate of drug-likeness (QED) is 0.121. The number of amides is 1. The predicted molar refractivity (Wildman–Crippen MR) is 138 cm³/mol. The lowest BCUT2D eigenvalue weighted by atomic mass is 9.85. The molecule has 1 amide bonds. The first-order valence-electron chi connectivity index (χ1n) is 11.0. The second-order valence-electron chi connectivity index (χ2n) is 8.68. The molecule has 2 aromatic rings. The number of rotatable bonds is 7. The van der Waals surface area contributed by atoms with Crippen molar-refractivity contribution in [3.05, 3.63) is 62.0 Å². The summed E-state index contributed by atoms with van der Waals surface area (Å²) in [6, 6.07) is 1.27. The first-order chi connectivity index (χ1) is 19.6. The minimum Gasteiger partial charge on any atom is -0.445 e. The number of hydrogen-bond acceptors (Lipinski definition) is 3. The molecule has 21 heteroatoms. The van der Waals surface area contributed by atoms with Crippen molar-refractivity contribution >= 4 is 75.0 Å². The number of ether oxygens (including phenoxy) is 1. The Kier molecular flexibility index (Phi) is 11.0. The Morgan fingerprint density at radius 3 is 1.89 bits per heavy atom. The molecule has 0 radical (unpaired) electrons. The molecule has 0 aliphatic carbocycles. The van der Waals surface area contributed by atoms with Gasteiger partial charge in [-0.05, 0) is 52.4 Å². The number of nitrogens with zero attached hydrogens (tertiary/aromatic N) is 1. The zero-order chi connectivity index (χ0) is 34.4. The number of alkyl halides is 15. The van der Waals surface area contributed by atoms with Crippen LogP contribution in [-0.2, 0) is 23.0 Å². The fraction of sp³-hybridized carbons (Fsp3) is 0.391. The van der Waals surface area contributed by atoms with Gasteiger partial charge in [0.15, 0.2) is 11.6 Å². The van der Waals surface area contributed by atoms with E-state index in [1.165, 1.54) is 0 Å². The van der Waals surface area contributed by atoms with E-state index in [0.29, 0.717) is 4.90 Å². The highest BCUT2D eigenvalue weighted by molar-refractivity contribution is 14.1. The Hall–Kier alpha value is -1.93. The van der Waals surface area contributed by atoms with E-state index in [1.54, 1.807) is 0 Å². The van der Waals surface area contributed by atoms with Crippen molar-refractivity contribution in [1.29, 1.82) is 0 Å². The summed E-state index contributed by atoms with van der Waals surface area (Å²) in [5.74, 6) is -10.3. The Morgan fingerprint density at radius 1 is 0.886 bits per heavy atom. The normalized spacial score (nSPS) is 14.7. The molecule has 2 rings (SSSR count). The predicted octanol–water partition coefficient (Wildman–Crippen LogP) is 9.74. The molecule has 2 aromatic carbocycles. The van der Waals surface area contributed by atoms with Crippen LogP contribution in [0.25, 0.3) is 0 Å². The van der Waals surface area contributed by atoms with Crippen LogP contribution >= 0.6 is 57.4 Å². The number of Topliss-reactive ketones (excluding diaryl/α,β-unsaturated/α-hetero) is 1. The third kappa shape index (κ3) is 7.71. The van der Waals surface area contributed by atoms with Crippen molar-refractivity contribution in [3.63, 3.8) is 0 Å². The Balaban J connectivity index is 2.65. The Morgan fingerprint density at radius 2 is 1.43 bits per heavy atom. The smallest absolute Gasteiger partial charge is 0.445 e. The van der Waals surface area contributed by atoms with Gasteiger partial charge in [-0.15, -0.1) is 0 Å². The molecule has 0 spiro atoms. The van der Waals surface area contributed by atoms with E-state index >= 15 is 4.39 Å². The van der Waals surface area contributed by atoms with Crippen LogP contribution in [0.2, 0.25) is 0 Å². The van der Waals surface area contributed by atoms with Crippen LogP contribution in [0.3, 0.4) is 0 Å². The molecule has 246 valence electrons. The summed E-state index contributed by atoms with van der Waals surface area (Å²) >= 11 is 17.1. The van der Waals surface area contributed by atoms with Gasteiger partial charge in [-0.3, -0.25) is 9.69 Å². The monoisotopic (exact) mass is 829 g/mol. The maximum Gasteiger partial charge on any atom is 0.457 e. The van der Waals surface area contributed by atoms with E-state index < -0.39 is 102 Å². The van der Waals surface area contributed by atoms with Gasteiger partial charge in [0.2, 0.25) is 3.79 Å². The topological polar surface area (TPSA) is 46.6 Å². The van der Waals surface area contributed by atoms with E-state index in [1.807, 2.05) is 0 Å². The molecule has 1 atom stereocenters. The zero-order valence-corrected chi connectivity index (χ0v) is 25.3. The largest absolute Gasteiger partial charge is 0.457 e. The number of benzene rings is 2. The first kappa shape index (κ1) is 38.3.